The molecular formula is C13H25N3O. The molecule has 1 heterocycles. The van der Waals surface area contributed by atoms with Crippen molar-refractivity contribution >= 4 is 0 Å². The van der Waals surface area contributed by atoms with Gasteiger partial charge in [0.05, 0.1) is 11.3 Å². The molecule has 0 bridgehead atoms. The second-order valence-electron chi connectivity index (χ2n) is 5.06. The van der Waals surface area contributed by atoms with Gasteiger partial charge in [0.25, 0.3) is 0 Å². The van der Waals surface area contributed by atoms with Crippen molar-refractivity contribution in [3.8, 4) is 0 Å². The van der Waals surface area contributed by atoms with Crippen LogP contribution in [0.4, 0.5) is 0 Å². The maximum atomic E-state index is 6.22. The molecule has 2 N–H and O–H groups in total. The van der Waals surface area contributed by atoms with Gasteiger partial charge in [0, 0.05) is 31.8 Å². The lowest BCUT2D eigenvalue weighted by Crippen LogP contribution is -2.48. The van der Waals surface area contributed by atoms with E-state index in [-0.39, 0.29) is 11.6 Å². The van der Waals surface area contributed by atoms with Crippen LogP contribution in [0.3, 0.4) is 0 Å². The highest BCUT2D eigenvalue weighted by Gasteiger charge is 2.30. The van der Waals surface area contributed by atoms with Gasteiger partial charge in [0.15, 0.2) is 0 Å². The largest absolute Gasteiger partial charge is 0.377 e. The molecule has 98 valence electrons. The third-order valence-electron chi connectivity index (χ3n) is 3.57. The van der Waals surface area contributed by atoms with Crippen LogP contribution in [0, 0.1) is 0 Å². The van der Waals surface area contributed by atoms with Gasteiger partial charge in [-0.15, -0.1) is 0 Å². The highest BCUT2D eigenvalue weighted by molar-refractivity contribution is 5.04. The molecule has 0 aliphatic heterocycles. The first-order valence-electron chi connectivity index (χ1n) is 6.27. The Morgan fingerprint density at radius 2 is 2.18 bits per heavy atom. The summed E-state index contributed by atoms with van der Waals surface area (Å²) in [7, 11) is 1.72. The van der Waals surface area contributed by atoms with Crippen molar-refractivity contribution in [1.29, 1.82) is 0 Å². The molecule has 0 spiro atoms. The average molecular weight is 239 g/mol. The number of nitrogens with zero attached hydrogens (tertiary/aromatic N) is 2. The van der Waals surface area contributed by atoms with Crippen LogP contribution >= 0.6 is 0 Å². The fourth-order valence-electron chi connectivity index (χ4n) is 1.77. The highest BCUT2D eigenvalue weighted by atomic mass is 16.5. The van der Waals surface area contributed by atoms with Gasteiger partial charge in [-0.1, -0.05) is 6.92 Å². The van der Waals surface area contributed by atoms with E-state index >= 15 is 0 Å². The molecule has 0 amide bonds. The molecule has 1 aromatic heterocycles. The summed E-state index contributed by atoms with van der Waals surface area (Å²) in [5.74, 6) is 0. The maximum Gasteiger partial charge on any atom is 0.0802 e. The smallest absolute Gasteiger partial charge is 0.0802 e. The molecular weight excluding hydrogens is 214 g/mol. The summed E-state index contributed by atoms with van der Waals surface area (Å²) < 4.78 is 7.47. The summed E-state index contributed by atoms with van der Waals surface area (Å²) >= 11 is 0. The minimum Gasteiger partial charge on any atom is -0.377 e. The molecule has 0 saturated heterocycles. The molecule has 4 heteroatoms. The fraction of sp³-hybridized carbons (Fsp3) is 0.769. The summed E-state index contributed by atoms with van der Waals surface area (Å²) in [6.07, 6.45) is 3.65. The van der Waals surface area contributed by atoms with Gasteiger partial charge in [-0.25, -0.2) is 0 Å². The van der Waals surface area contributed by atoms with Crippen LogP contribution in [0.25, 0.3) is 0 Å². The molecule has 0 aliphatic rings. The lowest BCUT2D eigenvalue weighted by atomic mass is 9.90. The van der Waals surface area contributed by atoms with E-state index in [2.05, 4.69) is 32.8 Å². The second kappa shape index (κ2) is 5.65. The molecule has 2 atom stereocenters. The van der Waals surface area contributed by atoms with Gasteiger partial charge in [-0.2, -0.15) is 5.10 Å². The first-order valence-corrected chi connectivity index (χ1v) is 6.27. The van der Waals surface area contributed by atoms with Crippen molar-refractivity contribution in [2.75, 3.05) is 7.11 Å². The van der Waals surface area contributed by atoms with E-state index in [1.54, 1.807) is 7.11 Å². The van der Waals surface area contributed by atoms with Crippen LogP contribution in [-0.2, 0) is 11.2 Å². The van der Waals surface area contributed by atoms with E-state index in [0.717, 1.165) is 18.5 Å². The molecule has 0 aliphatic carbocycles. The quantitative estimate of drug-likeness (QED) is 0.827. The number of hydrogen-bond acceptors (Lipinski definition) is 3. The Kier molecular flexibility index (Phi) is 4.71. The molecule has 1 aromatic rings. The van der Waals surface area contributed by atoms with Crippen molar-refractivity contribution in [2.45, 2.75) is 58.2 Å². The Morgan fingerprint density at radius 3 is 2.59 bits per heavy atom. The molecule has 0 fully saturated rings. The highest BCUT2D eigenvalue weighted by Crippen LogP contribution is 2.20. The molecule has 17 heavy (non-hydrogen) atoms. The lowest BCUT2D eigenvalue weighted by Gasteiger charge is -2.32. The van der Waals surface area contributed by atoms with Crippen molar-refractivity contribution in [3.63, 3.8) is 0 Å². The fourth-order valence-corrected chi connectivity index (χ4v) is 1.77. The van der Waals surface area contributed by atoms with Crippen LogP contribution in [0.2, 0.25) is 0 Å². The Labute approximate surface area is 104 Å². The number of rotatable bonds is 6. The summed E-state index contributed by atoms with van der Waals surface area (Å²) in [6, 6.07) is 2.39. The van der Waals surface area contributed by atoms with Gasteiger partial charge in [0.1, 0.15) is 0 Å². The van der Waals surface area contributed by atoms with Crippen LogP contribution in [-0.4, -0.2) is 28.5 Å². The summed E-state index contributed by atoms with van der Waals surface area (Å²) in [4.78, 5) is 0. The molecule has 0 radical (unpaired) electrons. The predicted molar refractivity (Wildman–Crippen MR) is 70.0 cm³/mol. The van der Waals surface area contributed by atoms with Crippen LogP contribution in [0.15, 0.2) is 12.3 Å². The zero-order valence-electron chi connectivity index (χ0n) is 11.6. The standard InChI is InChI=1S/C13H25N3O/c1-6-13(4,17-5)12(14)9-11-7-8-16(15-11)10(2)3/h7-8,10,12H,6,9,14H2,1-5H3. The van der Waals surface area contributed by atoms with Gasteiger partial charge < -0.3 is 10.5 Å². The number of hydrogen-bond donors (Lipinski definition) is 1. The Hall–Kier alpha value is -0.870. The van der Waals surface area contributed by atoms with Crippen molar-refractivity contribution in [3.05, 3.63) is 18.0 Å². The van der Waals surface area contributed by atoms with E-state index in [1.165, 1.54) is 0 Å². The first kappa shape index (κ1) is 14.2. The predicted octanol–water partition coefficient (Wildman–Crippen LogP) is 2.15. The van der Waals surface area contributed by atoms with E-state index in [1.807, 2.05) is 16.9 Å². The van der Waals surface area contributed by atoms with E-state index in [0.29, 0.717) is 6.04 Å². The van der Waals surface area contributed by atoms with Gasteiger partial charge >= 0.3 is 0 Å². The SMILES string of the molecule is CCC(C)(OC)C(N)Cc1ccn(C(C)C)n1. The van der Waals surface area contributed by atoms with E-state index < -0.39 is 0 Å². The number of ether oxygens (including phenoxy) is 1. The average Bonchev–Trinajstić information content (AvgIpc) is 2.76. The molecule has 0 saturated carbocycles. The topological polar surface area (TPSA) is 53.1 Å². The van der Waals surface area contributed by atoms with Crippen molar-refractivity contribution in [1.82, 2.24) is 9.78 Å². The van der Waals surface area contributed by atoms with Gasteiger partial charge in [-0.3, -0.25) is 4.68 Å². The lowest BCUT2D eigenvalue weighted by molar-refractivity contribution is -0.0187. The number of methoxy groups -OCH3 is 1. The molecule has 0 aromatic carbocycles. The van der Waals surface area contributed by atoms with Gasteiger partial charge in [0.2, 0.25) is 0 Å². The minimum atomic E-state index is -0.276. The third-order valence-corrected chi connectivity index (χ3v) is 3.57. The second-order valence-corrected chi connectivity index (χ2v) is 5.06. The number of nitrogens with two attached hydrogens (primary N) is 1. The Morgan fingerprint density at radius 1 is 1.53 bits per heavy atom. The van der Waals surface area contributed by atoms with Crippen LogP contribution in [0.1, 0.15) is 45.9 Å². The minimum absolute atomic E-state index is 0.0342. The molecule has 4 nitrogen and oxygen atoms in total. The number of aromatic nitrogens is 2. The van der Waals surface area contributed by atoms with Crippen LogP contribution in [0.5, 0.6) is 0 Å². The Balaban J connectivity index is 2.70. The summed E-state index contributed by atoms with van der Waals surface area (Å²) in [6.45, 7) is 8.37. The zero-order valence-corrected chi connectivity index (χ0v) is 11.6. The maximum absolute atomic E-state index is 6.22. The van der Waals surface area contributed by atoms with Gasteiger partial charge in [-0.05, 0) is 33.3 Å². The molecule has 1 rings (SSSR count). The zero-order chi connectivity index (χ0) is 13.1. The van der Waals surface area contributed by atoms with Crippen molar-refractivity contribution in [2.24, 2.45) is 5.73 Å². The Bertz CT molecular complexity index is 342. The van der Waals surface area contributed by atoms with E-state index in [9.17, 15) is 0 Å². The third kappa shape index (κ3) is 3.30. The summed E-state index contributed by atoms with van der Waals surface area (Å²) in [5.41, 5.74) is 6.97. The summed E-state index contributed by atoms with van der Waals surface area (Å²) in [5, 5.41) is 4.51. The first-order chi connectivity index (χ1) is 7.92. The molecule has 2 unspecified atom stereocenters. The van der Waals surface area contributed by atoms with E-state index in [4.69, 9.17) is 10.5 Å². The van der Waals surface area contributed by atoms with Crippen LogP contribution < -0.4 is 5.73 Å². The van der Waals surface area contributed by atoms with Crippen molar-refractivity contribution < 1.29 is 4.74 Å². The monoisotopic (exact) mass is 239 g/mol. The normalized spacial score (nSPS) is 17.1.